The van der Waals surface area contributed by atoms with Gasteiger partial charge in [-0.25, -0.2) is 4.98 Å². The highest BCUT2D eigenvalue weighted by atomic mass is 32.2. The van der Waals surface area contributed by atoms with Crippen molar-refractivity contribution in [3.8, 4) is 0 Å². The Morgan fingerprint density at radius 3 is 2.50 bits per heavy atom. The third-order valence-corrected chi connectivity index (χ3v) is 6.30. The van der Waals surface area contributed by atoms with E-state index in [0.717, 1.165) is 35.7 Å². The fourth-order valence-electron chi connectivity index (χ4n) is 3.66. The van der Waals surface area contributed by atoms with E-state index in [0.29, 0.717) is 12.0 Å². The summed E-state index contributed by atoms with van der Waals surface area (Å²) in [5, 5.41) is 7.97. The fraction of sp³-hybridized carbons (Fsp3) is 0.440. The summed E-state index contributed by atoms with van der Waals surface area (Å²) in [6.07, 6.45) is 6.81. The lowest BCUT2D eigenvalue weighted by atomic mass is 9.92. The summed E-state index contributed by atoms with van der Waals surface area (Å²) in [5.41, 5.74) is 11.0. The second-order valence-electron chi connectivity index (χ2n) is 8.84. The molecule has 4 rings (SSSR count). The monoisotopic (exact) mass is 452 g/mol. The molecule has 0 saturated heterocycles. The third kappa shape index (κ3) is 6.34. The Balaban J connectivity index is 0.000000305. The van der Waals surface area contributed by atoms with E-state index in [9.17, 15) is 0 Å². The normalized spacial score (nSPS) is 16.4. The second kappa shape index (κ2) is 11.0. The first kappa shape index (κ1) is 24.3. The molecule has 1 unspecified atom stereocenters. The van der Waals surface area contributed by atoms with Gasteiger partial charge < -0.3 is 11.1 Å². The van der Waals surface area contributed by atoms with Gasteiger partial charge in [-0.05, 0) is 82.4 Å². The molecule has 3 N–H and O–H groups in total. The molecule has 0 radical (unpaired) electrons. The van der Waals surface area contributed by atoms with E-state index in [1.54, 1.807) is 11.9 Å². The number of aryl methyl sites for hydroxylation is 1. The Bertz CT molecular complexity index is 1040. The van der Waals surface area contributed by atoms with E-state index in [1.807, 2.05) is 37.8 Å². The molecule has 1 aliphatic rings. The number of hydrogen-bond donors (Lipinski definition) is 2. The Morgan fingerprint density at radius 2 is 1.94 bits per heavy atom. The lowest BCUT2D eigenvalue weighted by Crippen LogP contribution is -2.24. The number of benzene rings is 1. The van der Waals surface area contributed by atoms with Crippen LogP contribution in [-0.4, -0.2) is 39.0 Å². The second-order valence-corrected chi connectivity index (χ2v) is 10.2. The van der Waals surface area contributed by atoms with Crippen LogP contribution in [0.2, 0.25) is 0 Å². The summed E-state index contributed by atoms with van der Waals surface area (Å²) in [6, 6.07) is 10.7. The molecule has 32 heavy (non-hydrogen) atoms. The molecule has 0 spiro atoms. The molecule has 1 saturated carbocycles. The maximum Gasteiger partial charge on any atom is 0.161 e. The van der Waals surface area contributed by atoms with Crippen LogP contribution in [0.4, 0.5) is 11.5 Å². The minimum Gasteiger partial charge on any atom is -0.340 e. The summed E-state index contributed by atoms with van der Waals surface area (Å²) in [4.78, 5) is 5.87. The molecule has 2 aromatic heterocycles. The maximum atomic E-state index is 5.68. The van der Waals surface area contributed by atoms with Gasteiger partial charge in [-0.1, -0.05) is 32.4 Å². The van der Waals surface area contributed by atoms with Crippen molar-refractivity contribution in [3.05, 3.63) is 59.9 Å². The van der Waals surface area contributed by atoms with Gasteiger partial charge in [0.1, 0.15) is 5.82 Å². The van der Waals surface area contributed by atoms with Crippen molar-refractivity contribution in [2.24, 2.45) is 5.73 Å². The first-order valence-corrected chi connectivity index (χ1v) is 12.0. The van der Waals surface area contributed by atoms with Crippen molar-refractivity contribution in [2.75, 3.05) is 19.4 Å². The first-order chi connectivity index (χ1) is 15.2. The summed E-state index contributed by atoms with van der Waals surface area (Å²) in [7, 11) is 4.08. The van der Waals surface area contributed by atoms with Crippen LogP contribution in [0.3, 0.4) is 0 Å². The van der Waals surface area contributed by atoms with Crippen LogP contribution < -0.4 is 11.1 Å². The fourth-order valence-corrected chi connectivity index (χ4v) is 4.34. The van der Waals surface area contributed by atoms with Crippen LogP contribution >= 0.6 is 11.9 Å². The SMILES string of the molecule is C=C1CCCCC1N.Cc1cc(Nc2ccc(SN(C)C)cc2)n2ncc(C(C)C)c2n1. The van der Waals surface area contributed by atoms with Gasteiger partial charge in [-0.15, -0.1) is 0 Å². The molecule has 3 aromatic rings. The number of nitrogens with zero attached hydrogens (tertiary/aromatic N) is 4. The average Bonchev–Trinajstić information content (AvgIpc) is 3.16. The number of hydrogen-bond acceptors (Lipinski definition) is 6. The van der Waals surface area contributed by atoms with E-state index in [1.165, 1.54) is 28.9 Å². The van der Waals surface area contributed by atoms with Crippen molar-refractivity contribution in [3.63, 3.8) is 0 Å². The minimum atomic E-state index is 0.309. The highest BCUT2D eigenvalue weighted by molar-refractivity contribution is 7.97. The Hall–Kier alpha value is -2.35. The van der Waals surface area contributed by atoms with Gasteiger partial charge in [0.05, 0.1) is 6.20 Å². The van der Waals surface area contributed by atoms with Crippen LogP contribution in [0.15, 0.2) is 53.6 Å². The smallest absolute Gasteiger partial charge is 0.161 e. The Kier molecular flexibility index (Phi) is 8.34. The predicted molar refractivity (Wildman–Crippen MR) is 137 cm³/mol. The molecule has 7 heteroatoms. The standard InChI is InChI=1S/C18H23N5S.C7H13N/c1-12(2)16-11-19-23-17(10-13(3)20-18(16)23)21-14-6-8-15(9-7-14)24-22(4)5;1-6-4-2-3-5-7(6)8/h6-12,21H,1-5H3;7H,1-5,8H2. The zero-order chi connectivity index (χ0) is 23.3. The number of anilines is 2. The number of nitrogens with one attached hydrogen (secondary N) is 1. The maximum absolute atomic E-state index is 5.68. The molecular weight excluding hydrogens is 416 g/mol. The van der Waals surface area contributed by atoms with Crippen molar-refractivity contribution in [2.45, 2.75) is 63.3 Å². The zero-order valence-corrected chi connectivity index (χ0v) is 20.7. The number of rotatable bonds is 5. The summed E-state index contributed by atoms with van der Waals surface area (Å²) in [6.45, 7) is 10.2. The van der Waals surface area contributed by atoms with Crippen molar-refractivity contribution in [1.82, 2.24) is 18.9 Å². The molecule has 172 valence electrons. The van der Waals surface area contributed by atoms with E-state index in [4.69, 9.17) is 5.73 Å². The highest BCUT2D eigenvalue weighted by Crippen LogP contribution is 2.26. The minimum absolute atomic E-state index is 0.309. The van der Waals surface area contributed by atoms with Crippen LogP contribution in [0, 0.1) is 6.92 Å². The summed E-state index contributed by atoms with van der Waals surface area (Å²) in [5.74, 6) is 1.32. The number of aromatic nitrogens is 3. The highest BCUT2D eigenvalue weighted by Gasteiger charge is 2.13. The number of fused-ring (bicyclic) bond motifs is 1. The molecule has 2 heterocycles. The van der Waals surface area contributed by atoms with Crippen LogP contribution in [-0.2, 0) is 0 Å². The van der Waals surface area contributed by atoms with Gasteiger partial charge in [0.2, 0.25) is 0 Å². The van der Waals surface area contributed by atoms with E-state index >= 15 is 0 Å². The largest absolute Gasteiger partial charge is 0.340 e. The van der Waals surface area contributed by atoms with Gasteiger partial charge in [-0.3, -0.25) is 4.31 Å². The van der Waals surface area contributed by atoms with E-state index in [2.05, 4.69) is 64.4 Å². The topological polar surface area (TPSA) is 71.5 Å². The van der Waals surface area contributed by atoms with Crippen LogP contribution in [0.1, 0.15) is 56.7 Å². The van der Waals surface area contributed by atoms with E-state index < -0.39 is 0 Å². The molecular formula is C25H36N6S. The molecule has 6 nitrogen and oxygen atoms in total. The predicted octanol–water partition coefficient (Wildman–Crippen LogP) is 5.92. The van der Waals surface area contributed by atoms with Gasteiger partial charge in [0.25, 0.3) is 0 Å². The van der Waals surface area contributed by atoms with E-state index in [-0.39, 0.29) is 0 Å². The van der Waals surface area contributed by atoms with Gasteiger partial charge in [0, 0.05) is 33.9 Å². The molecule has 0 amide bonds. The zero-order valence-electron chi connectivity index (χ0n) is 19.9. The number of nitrogens with two attached hydrogens (primary N) is 1. The van der Waals surface area contributed by atoms with Crippen LogP contribution in [0.5, 0.6) is 0 Å². The first-order valence-electron chi connectivity index (χ1n) is 11.3. The van der Waals surface area contributed by atoms with Gasteiger partial charge in [0.15, 0.2) is 5.65 Å². The van der Waals surface area contributed by atoms with Crippen molar-refractivity contribution >= 4 is 29.1 Å². The molecule has 1 aromatic carbocycles. The van der Waals surface area contributed by atoms with Gasteiger partial charge in [-0.2, -0.15) is 9.61 Å². The summed E-state index contributed by atoms with van der Waals surface area (Å²) < 4.78 is 3.96. The van der Waals surface area contributed by atoms with Gasteiger partial charge >= 0.3 is 0 Å². The van der Waals surface area contributed by atoms with Crippen molar-refractivity contribution < 1.29 is 0 Å². The Labute approximate surface area is 196 Å². The molecule has 0 bridgehead atoms. The lowest BCUT2D eigenvalue weighted by molar-refractivity contribution is 0.538. The average molecular weight is 453 g/mol. The Morgan fingerprint density at radius 1 is 1.22 bits per heavy atom. The molecule has 0 aliphatic heterocycles. The quantitative estimate of drug-likeness (QED) is 0.370. The van der Waals surface area contributed by atoms with Crippen molar-refractivity contribution in [1.29, 1.82) is 0 Å². The lowest BCUT2D eigenvalue weighted by Gasteiger charge is -2.19. The summed E-state index contributed by atoms with van der Waals surface area (Å²) >= 11 is 1.70. The third-order valence-electron chi connectivity index (χ3n) is 5.45. The molecule has 1 atom stereocenters. The molecule has 1 fully saturated rings. The molecule has 1 aliphatic carbocycles. The van der Waals surface area contributed by atoms with Crippen LogP contribution in [0.25, 0.3) is 5.65 Å².